The molecule has 0 aromatic carbocycles. The predicted molar refractivity (Wildman–Crippen MR) is 124 cm³/mol. The molecule has 3 aromatic heterocycles. The lowest BCUT2D eigenvalue weighted by atomic mass is 9.89. The van der Waals surface area contributed by atoms with Crippen molar-refractivity contribution in [2.24, 2.45) is 11.7 Å². The first-order valence-corrected chi connectivity index (χ1v) is 11.9. The van der Waals surface area contributed by atoms with Crippen LogP contribution < -0.4 is 11.1 Å². The minimum absolute atomic E-state index is 0.260. The first kappa shape index (κ1) is 20.3. The van der Waals surface area contributed by atoms with Crippen LogP contribution >= 0.6 is 11.3 Å². The van der Waals surface area contributed by atoms with Gasteiger partial charge in [0.25, 0.3) is 0 Å². The van der Waals surface area contributed by atoms with Gasteiger partial charge in [-0.1, -0.05) is 6.92 Å². The molecule has 2 aliphatic rings. The van der Waals surface area contributed by atoms with Gasteiger partial charge < -0.3 is 11.1 Å². The van der Waals surface area contributed by atoms with E-state index in [9.17, 15) is 4.79 Å². The summed E-state index contributed by atoms with van der Waals surface area (Å²) < 4.78 is 0. The molecule has 1 fully saturated rings. The maximum atomic E-state index is 11.2. The molecule has 0 radical (unpaired) electrons. The number of pyridine rings is 1. The Balaban J connectivity index is 1.49. The molecule has 1 aliphatic carbocycles. The van der Waals surface area contributed by atoms with Crippen LogP contribution in [-0.2, 0) is 17.6 Å². The summed E-state index contributed by atoms with van der Waals surface area (Å²) >= 11 is 1.82. The van der Waals surface area contributed by atoms with Crippen molar-refractivity contribution < 1.29 is 4.79 Å². The zero-order valence-electron chi connectivity index (χ0n) is 17.8. The third-order valence-corrected chi connectivity index (χ3v) is 7.53. The average Bonchev–Trinajstić information content (AvgIpc) is 3.13. The molecule has 1 atom stereocenters. The van der Waals surface area contributed by atoms with Gasteiger partial charge in [0, 0.05) is 42.0 Å². The lowest BCUT2D eigenvalue weighted by molar-refractivity contribution is -0.119. The van der Waals surface area contributed by atoms with Crippen LogP contribution in [0.4, 0.5) is 5.82 Å². The number of nitrogens with two attached hydrogens (primary N) is 1. The van der Waals surface area contributed by atoms with Crippen molar-refractivity contribution in [1.29, 1.82) is 0 Å². The smallest absolute Gasteiger partial charge is 0.231 e. The number of nitrogens with one attached hydrogen (secondary N) is 1. The molecular formula is C23H28N6OS. The van der Waals surface area contributed by atoms with Gasteiger partial charge >= 0.3 is 0 Å². The Morgan fingerprint density at radius 1 is 1.29 bits per heavy atom. The maximum absolute atomic E-state index is 11.2. The summed E-state index contributed by atoms with van der Waals surface area (Å²) in [5.74, 6) is 2.13. The Morgan fingerprint density at radius 3 is 2.87 bits per heavy atom. The number of carbonyl (C=O) groups excluding carboxylic acids is 1. The quantitative estimate of drug-likeness (QED) is 0.637. The van der Waals surface area contributed by atoms with Gasteiger partial charge in [-0.2, -0.15) is 0 Å². The number of aromatic nitrogens is 3. The topological polar surface area (TPSA) is 97.0 Å². The average molecular weight is 437 g/mol. The van der Waals surface area contributed by atoms with Crippen LogP contribution in [0.3, 0.4) is 0 Å². The van der Waals surface area contributed by atoms with Crippen molar-refractivity contribution in [3.8, 4) is 11.4 Å². The monoisotopic (exact) mass is 436 g/mol. The fourth-order valence-electron chi connectivity index (χ4n) is 4.72. The highest BCUT2D eigenvalue weighted by Gasteiger charge is 2.26. The van der Waals surface area contributed by atoms with Crippen LogP contribution in [-0.4, -0.2) is 51.4 Å². The summed E-state index contributed by atoms with van der Waals surface area (Å²) in [4.78, 5) is 30.1. The summed E-state index contributed by atoms with van der Waals surface area (Å²) in [6, 6.07) is 4.25. The van der Waals surface area contributed by atoms with Crippen molar-refractivity contribution in [2.45, 2.75) is 45.1 Å². The number of fused-ring (bicyclic) bond motifs is 3. The summed E-state index contributed by atoms with van der Waals surface area (Å²) in [7, 11) is 0. The molecule has 0 unspecified atom stereocenters. The zero-order chi connectivity index (χ0) is 21.4. The summed E-state index contributed by atoms with van der Waals surface area (Å²) in [5, 5.41) is 4.96. The number of hydrogen-bond donors (Lipinski definition) is 2. The second kappa shape index (κ2) is 8.51. The molecular weight excluding hydrogens is 408 g/mol. The van der Waals surface area contributed by atoms with Gasteiger partial charge in [0.05, 0.1) is 11.9 Å². The zero-order valence-corrected chi connectivity index (χ0v) is 18.6. The third-order valence-electron chi connectivity index (χ3n) is 6.38. The van der Waals surface area contributed by atoms with E-state index in [4.69, 9.17) is 15.7 Å². The number of nitrogens with zero attached hydrogens (tertiary/aromatic N) is 4. The number of amides is 1. The molecule has 0 spiro atoms. The Hall–Kier alpha value is -2.58. The van der Waals surface area contributed by atoms with E-state index in [1.165, 1.54) is 22.2 Å². The highest BCUT2D eigenvalue weighted by Crippen LogP contribution is 2.41. The Kier molecular flexibility index (Phi) is 5.58. The molecule has 0 bridgehead atoms. The Bertz CT molecular complexity index is 1090. The second-order valence-corrected chi connectivity index (χ2v) is 9.91. The van der Waals surface area contributed by atoms with Crippen LogP contribution in [0.25, 0.3) is 21.6 Å². The number of primary amides is 1. The van der Waals surface area contributed by atoms with Crippen LogP contribution in [0.2, 0.25) is 0 Å². The van der Waals surface area contributed by atoms with E-state index < -0.39 is 0 Å². The molecule has 1 saturated heterocycles. The molecule has 1 amide bonds. The van der Waals surface area contributed by atoms with Gasteiger partial charge in [0.1, 0.15) is 10.6 Å². The van der Waals surface area contributed by atoms with Gasteiger partial charge in [-0.25, -0.2) is 9.97 Å². The number of rotatable bonds is 5. The van der Waals surface area contributed by atoms with Crippen LogP contribution in [0.1, 0.15) is 36.6 Å². The first-order chi connectivity index (χ1) is 15.1. The van der Waals surface area contributed by atoms with Crippen molar-refractivity contribution in [2.75, 3.05) is 25.0 Å². The van der Waals surface area contributed by atoms with Crippen molar-refractivity contribution >= 4 is 33.3 Å². The third kappa shape index (κ3) is 4.27. The van der Waals surface area contributed by atoms with Crippen molar-refractivity contribution in [1.82, 2.24) is 19.9 Å². The fraction of sp³-hybridized carbons (Fsp3) is 0.478. The summed E-state index contributed by atoms with van der Waals surface area (Å²) in [6.45, 7) is 4.40. The number of anilines is 1. The van der Waals surface area contributed by atoms with Gasteiger partial charge in [-0.3, -0.25) is 14.7 Å². The number of piperidine rings is 1. The Morgan fingerprint density at radius 2 is 2.13 bits per heavy atom. The maximum Gasteiger partial charge on any atom is 0.231 e. The number of likely N-dealkylation sites (tertiary alicyclic amines) is 1. The molecule has 0 saturated carbocycles. The van der Waals surface area contributed by atoms with Crippen LogP contribution in [0.15, 0.2) is 24.5 Å². The molecule has 8 heteroatoms. The van der Waals surface area contributed by atoms with Crippen LogP contribution in [0.5, 0.6) is 0 Å². The number of hydrogen-bond acceptors (Lipinski definition) is 7. The molecule has 3 aromatic rings. The summed E-state index contributed by atoms with van der Waals surface area (Å²) in [5.41, 5.74) is 7.73. The van der Waals surface area contributed by atoms with Crippen molar-refractivity contribution in [3.63, 3.8) is 0 Å². The molecule has 5 rings (SSSR count). The predicted octanol–water partition coefficient (Wildman–Crippen LogP) is 3.24. The second-order valence-electron chi connectivity index (χ2n) is 8.83. The highest BCUT2D eigenvalue weighted by atomic mass is 32.1. The molecule has 31 heavy (non-hydrogen) atoms. The molecule has 162 valence electrons. The molecule has 1 aliphatic heterocycles. The molecule has 4 heterocycles. The lowest BCUT2D eigenvalue weighted by Crippen LogP contribution is -2.43. The minimum atomic E-state index is -0.260. The van der Waals surface area contributed by atoms with Gasteiger partial charge in [-0.15, -0.1) is 11.3 Å². The van der Waals surface area contributed by atoms with Crippen molar-refractivity contribution in [3.05, 3.63) is 35.0 Å². The van der Waals surface area contributed by atoms with Gasteiger partial charge in [-0.05, 0) is 55.7 Å². The summed E-state index contributed by atoms with van der Waals surface area (Å²) in [6.07, 6.45) is 8.96. The van der Waals surface area contributed by atoms with E-state index in [1.807, 2.05) is 29.7 Å². The standard InChI is InChI=1S/C23H28N6OS/c1-14-4-5-17-18(11-14)31-23-20(17)22(27-21(28-23)15-3-2-8-25-12-15)26-16-6-9-29(10-7-16)13-19(24)30/h2-3,8,12,14,16H,4-7,9-11,13H2,1H3,(H2,24,30)(H,26,27,28)/t14-/m0/s1. The van der Waals surface area contributed by atoms with Gasteiger partial charge in [0.15, 0.2) is 5.82 Å². The van der Waals surface area contributed by atoms with Crippen LogP contribution in [0, 0.1) is 5.92 Å². The first-order valence-electron chi connectivity index (χ1n) is 11.1. The number of thiophene rings is 1. The largest absolute Gasteiger partial charge is 0.369 e. The number of aryl methyl sites for hydroxylation is 1. The molecule has 7 nitrogen and oxygen atoms in total. The Labute approximate surface area is 186 Å². The fourth-order valence-corrected chi connectivity index (χ4v) is 6.10. The van der Waals surface area contributed by atoms with E-state index >= 15 is 0 Å². The van der Waals surface area contributed by atoms with Gasteiger partial charge in [0.2, 0.25) is 5.91 Å². The van der Waals surface area contributed by atoms with E-state index in [0.717, 1.165) is 66.7 Å². The molecule has 3 N–H and O–H groups in total. The minimum Gasteiger partial charge on any atom is -0.369 e. The normalized spacial score (nSPS) is 20.0. The highest BCUT2D eigenvalue weighted by molar-refractivity contribution is 7.19. The van der Waals surface area contributed by atoms with E-state index in [1.54, 1.807) is 6.20 Å². The van der Waals surface area contributed by atoms with E-state index in [-0.39, 0.29) is 5.91 Å². The van der Waals surface area contributed by atoms with E-state index in [0.29, 0.717) is 12.6 Å². The van der Waals surface area contributed by atoms with E-state index in [2.05, 4.69) is 22.1 Å². The number of carbonyl (C=O) groups is 1. The lowest BCUT2D eigenvalue weighted by Gasteiger charge is -2.32. The SMILES string of the molecule is C[C@H]1CCc2c(sc3nc(-c4cccnc4)nc(NC4CCN(CC(N)=O)CC4)c23)C1.